The van der Waals surface area contributed by atoms with Gasteiger partial charge in [-0.1, -0.05) is 392 Å². The third-order valence-corrected chi connectivity index (χ3v) is 17.6. The van der Waals surface area contributed by atoms with Gasteiger partial charge in [-0.05, 0) is 32.1 Å². The monoisotopic (exact) mass is 1130 g/mol. The summed E-state index contributed by atoms with van der Waals surface area (Å²) >= 11 is 0. The van der Waals surface area contributed by atoms with Gasteiger partial charge in [-0.2, -0.15) is 0 Å². The van der Waals surface area contributed by atoms with Crippen molar-refractivity contribution < 1.29 is 24.5 Å². The molecular formula is C74H145NO5. The second-order valence-corrected chi connectivity index (χ2v) is 25.6. The van der Waals surface area contributed by atoms with Gasteiger partial charge < -0.3 is 20.3 Å². The molecule has 80 heavy (non-hydrogen) atoms. The zero-order valence-corrected chi connectivity index (χ0v) is 54.6. The molecule has 0 aliphatic carbocycles. The summed E-state index contributed by atoms with van der Waals surface area (Å²) in [5.74, 6) is -0.0405. The summed E-state index contributed by atoms with van der Waals surface area (Å²) in [7, 11) is 0. The Morgan fingerprint density at radius 1 is 0.338 bits per heavy atom. The minimum absolute atomic E-state index is 0.0207. The van der Waals surface area contributed by atoms with E-state index in [0.717, 1.165) is 38.5 Å². The van der Waals surface area contributed by atoms with Gasteiger partial charge in [-0.25, -0.2) is 0 Å². The first kappa shape index (κ1) is 78.6. The van der Waals surface area contributed by atoms with Crippen molar-refractivity contribution in [1.82, 2.24) is 5.32 Å². The van der Waals surface area contributed by atoms with Gasteiger partial charge >= 0.3 is 5.97 Å². The number of amides is 1. The Morgan fingerprint density at radius 2 is 0.575 bits per heavy atom. The normalized spacial score (nSPS) is 12.5. The number of hydrogen-bond donors (Lipinski definition) is 3. The first-order chi connectivity index (χ1) is 39.5. The summed E-state index contributed by atoms with van der Waals surface area (Å²) in [6.45, 7) is 4.96. The van der Waals surface area contributed by atoms with E-state index in [0.29, 0.717) is 19.4 Å². The number of allylic oxidation sites excluding steroid dienone is 1. The summed E-state index contributed by atoms with van der Waals surface area (Å²) in [4.78, 5) is 24.6. The summed E-state index contributed by atoms with van der Waals surface area (Å²) in [5, 5.41) is 23.3. The fraction of sp³-hybridized carbons (Fsp3) is 0.946. The van der Waals surface area contributed by atoms with Crippen LogP contribution in [-0.4, -0.2) is 47.4 Å². The van der Waals surface area contributed by atoms with Crippen molar-refractivity contribution >= 4 is 11.9 Å². The molecule has 0 aliphatic heterocycles. The van der Waals surface area contributed by atoms with Crippen LogP contribution in [0.1, 0.15) is 425 Å². The maximum Gasteiger partial charge on any atom is 0.305 e. The Bertz CT molecular complexity index is 1210. The zero-order valence-electron chi connectivity index (χ0n) is 54.6. The van der Waals surface area contributed by atoms with Crippen molar-refractivity contribution in [2.75, 3.05) is 13.2 Å². The third-order valence-electron chi connectivity index (χ3n) is 17.6. The van der Waals surface area contributed by atoms with E-state index in [-0.39, 0.29) is 18.5 Å². The average molecular weight is 1130 g/mol. The second kappa shape index (κ2) is 70.1. The van der Waals surface area contributed by atoms with E-state index in [4.69, 9.17) is 4.74 Å². The maximum absolute atomic E-state index is 12.5. The molecule has 3 N–H and O–H groups in total. The van der Waals surface area contributed by atoms with Gasteiger partial charge in [0.1, 0.15) is 0 Å². The van der Waals surface area contributed by atoms with Gasteiger partial charge in [-0.15, -0.1) is 0 Å². The first-order valence-electron chi connectivity index (χ1n) is 37.0. The van der Waals surface area contributed by atoms with Crippen molar-refractivity contribution in [3.8, 4) is 0 Å². The van der Waals surface area contributed by atoms with E-state index in [9.17, 15) is 19.8 Å². The van der Waals surface area contributed by atoms with Crippen molar-refractivity contribution in [2.45, 2.75) is 437 Å². The molecule has 476 valence electrons. The van der Waals surface area contributed by atoms with E-state index < -0.39 is 12.1 Å². The van der Waals surface area contributed by atoms with Crippen molar-refractivity contribution in [1.29, 1.82) is 0 Å². The highest BCUT2D eigenvalue weighted by Crippen LogP contribution is 2.20. The van der Waals surface area contributed by atoms with Crippen LogP contribution in [0.25, 0.3) is 0 Å². The molecule has 0 bridgehead atoms. The molecule has 0 saturated carbocycles. The molecule has 1 amide bonds. The van der Waals surface area contributed by atoms with Crippen LogP contribution in [0.15, 0.2) is 12.2 Å². The van der Waals surface area contributed by atoms with Crippen molar-refractivity contribution in [3.05, 3.63) is 12.2 Å². The lowest BCUT2D eigenvalue weighted by Crippen LogP contribution is -2.45. The molecule has 6 heteroatoms. The highest BCUT2D eigenvalue weighted by molar-refractivity contribution is 5.76. The van der Waals surface area contributed by atoms with Crippen molar-refractivity contribution in [2.24, 2.45) is 0 Å². The fourth-order valence-electron chi connectivity index (χ4n) is 11.9. The van der Waals surface area contributed by atoms with Crippen LogP contribution in [0.4, 0.5) is 0 Å². The topological polar surface area (TPSA) is 95.9 Å². The zero-order chi connectivity index (χ0) is 57.8. The number of hydrogen-bond acceptors (Lipinski definition) is 5. The Balaban J connectivity index is 3.37. The first-order valence-corrected chi connectivity index (χ1v) is 37.0. The maximum atomic E-state index is 12.5. The fourth-order valence-corrected chi connectivity index (χ4v) is 11.9. The van der Waals surface area contributed by atoms with Gasteiger partial charge in [0.25, 0.3) is 0 Å². The molecule has 0 aromatic rings. The van der Waals surface area contributed by atoms with E-state index in [1.807, 2.05) is 6.08 Å². The lowest BCUT2D eigenvalue weighted by molar-refractivity contribution is -0.143. The Hall–Kier alpha value is -1.40. The molecule has 0 aromatic carbocycles. The number of aliphatic hydroxyl groups excluding tert-OH is 2. The lowest BCUT2D eigenvalue weighted by atomic mass is 10.0. The SMILES string of the molecule is CCCCCCCCCCCCCCCCCCCCCC/C=C/C(O)C(CO)NC(=O)CCCCCCCCCCCCCCCCCCCCCCCCCCCOC(=O)CCCCCCCCCCCCCCCCCC. The predicted octanol–water partition coefficient (Wildman–Crippen LogP) is 23.9. The van der Waals surface area contributed by atoms with Crippen LogP contribution in [0, 0.1) is 0 Å². The number of carbonyl (C=O) groups is 2. The minimum Gasteiger partial charge on any atom is -0.466 e. The second-order valence-electron chi connectivity index (χ2n) is 25.6. The van der Waals surface area contributed by atoms with Crippen LogP contribution in [0.2, 0.25) is 0 Å². The molecule has 0 rings (SSSR count). The van der Waals surface area contributed by atoms with Crippen LogP contribution >= 0.6 is 0 Å². The summed E-state index contributed by atoms with van der Waals surface area (Å²) in [5.41, 5.74) is 0. The molecule has 2 unspecified atom stereocenters. The van der Waals surface area contributed by atoms with Crippen molar-refractivity contribution in [3.63, 3.8) is 0 Å². The molecule has 0 spiro atoms. The molecular weight excluding hydrogens is 983 g/mol. The number of unbranched alkanes of at least 4 members (excludes halogenated alkanes) is 59. The van der Waals surface area contributed by atoms with E-state index in [1.54, 1.807) is 6.08 Å². The smallest absolute Gasteiger partial charge is 0.305 e. The highest BCUT2D eigenvalue weighted by atomic mass is 16.5. The van der Waals surface area contributed by atoms with Gasteiger partial charge in [-0.3, -0.25) is 9.59 Å². The van der Waals surface area contributed by atoms with Crippen LogP contribution in [0.5, 0.6) is 0 Å². The standard InChI is InChI=1S/C74H145NO5/c1-3-5-7-9-11-13-15-17-19-21-22-23-29-32-35-38-42-46-50-54-58-62-66-72(77)71(70-76)75-73(78)67-63-59-55-51-47-43-39-36-33-30-27-25-24-26-28-31-34-37-41-45-49-53-57-61-65-69-80-74(79)68-64-60-56-52-48-44-40-20-18-16-14-12-10-8-6-4-2/h62,66,71-72,76-77H,3-61,63-65,67-70H2,1-2H3,(H,75,78)/b66-62+. The summed E-state index contributed by atoms with van der Waals surface area (Å²) < 4.78 is 5.51. The number of ether oxygens (including phenoxy) is 1. The molecule has 0 aromatic heterocycles. The van der Waals surface area contributed by atoms with Gasteiger partial charge in [0.15, 0.2) is 0 Å². The third kappa shape index (κ3) is 65.7. The Kier molecular flexibility index (Phi) is 68.9. The Labute approximate surface area is 501 Å². The summed E-state index contributed by atoms with van der Waals surface area (Å²) in [6, 6.07) is -0.627. The largest absolute Gasteiger partial charge is 0.466 e. The van der Waals surface area contributed by atoms with Crippen LogP contribution in [0.3, 0.4) is 0 Å². The Morgan fingerprint density at radius 3 is 0.850 bits per heavy atom. The van der Waals surface area contributed by atoms with E-state index >= 15 is 0 Å². The highest BCUT2D eigenvalue weighted by Gasteiger charge is 2.18. The quantitative estimate of drug-likeness (QED) is 0.0320. The molecule has 0 heterocycles. The summed E-state index contributed by atoms with van der Waals surface area (Å²) in [6.07, 6.45) is 87.3. The van der Waals surface area contributed by atoms with Gasteiger partial charge in [0, 0.05) is 12.8 Å². The number of nitrogens with one attached hydrogen (secondary N) is 1. The predicted molar refractivity (Wildman–Crippen MR) is 352 cm³/mol. The number of esters is 1. The minimum atomic E-state index is -0.844. The van der Waals surface area contributed by atoms with Gasteiger partial charge in [0.2, 0.25) is 5.91 Å². The van der Waals surface area contributed by atoms with E-state index in [2.05, 4.69) is 19.2 Å². The lowest BCUT2D eigenvalue weighted by Gasteiger charge is -2.20. The van der Waals surface area contributed by atoms with E-state index in [1.165, 1.54) is 360 Å². The van der Waals surface area contributed by atoms with Crippen LogP contribution < -0.4 is 5.32 Å². The van der Waals surface area contributed by atoms with Crippen LogP contribution in [-0.2, 0) is 14.3 Å². The average Bonchev–Trinajstić information content (AvgIpc) is 3.46. The molecule has 2 atom stereocenters. The molecule has 0 saturated heterocycles. The molecule has 6 nitrogen and oxygen atoms in total. The molecule has 0 aliphatic rings. The molecule has 0 radical (unpaired) electrons. The van der Waals surface area contributed by atoms with Gasteiger partial charge in [0.05, 0.1) is 25.4 Å². The number of rotatable bonds is 70. The molecule has 0 fully saturated rings. The number of aliphatic hydroxyl groups is 2. The number of carbonyl (C=O) groups excluding carboxylic acids is 2.